The molecule has 1 unspecified atom stereocenters. The number of likely N-dealkylation sites (N-methyl/N-ethyl adjacent to an activating group) is 1. The second-order valence-corrected chi connectivity index (χ2v) is 7.42. The summed E-state index contributed by atoms with van der Waals surface area (Å²) in [5.41, 5.74) is 1.22. The van der Waals surface area contributed by atoms with Gasteiger partial charge in [0.2, 0.25) is 0 Å². The standard InChI is InChI=1S/C19H19FN2O2S/c1-22-13-5-6-14(22)11-15(10-13)24-19(23)21-17-7-4-12(20)9-16(17)18-3-2-8-25-18/h2-9,13-15H,10-11H2,1H3,(H,21,23)/t13-,14+,15?. The topological polar surface area (TPSA) is 41.6 Å². The van der Waals surface area contributed by atoms with Gasteiger partial charge in [-0.15, -0.1) is 11.3 Å². The highest BCUT2D eigenvalue weighted by Gasteiger charge is 2.36. The molecule has 2 aliphatic rings. The van der Waals surface area contributed by atoms with Gasteiger partial charge in [-0.2, -0.15) is 0 Å². The Labute approximate surface area is 149 Å². The van der Waals surface area contributed by atoms with Crippen molar-refractivity contribution in [2.45, 2.75) is 31.0 Å². The largest absolute Gasteiger partial charge is 0.446 e. The highest BCUT2D eigenvalue weighted by atomic mass is 32.1. The lowest BCUT2D eigenvalue weighted by molar-refractivity contribution is 0.0411. The molecule has 0 aliphatic carbocycles. The van der Waals surface area contributed by atoms with Crippen LogP contribution >= 0.6 is 11.3 Å². The van der Waals surface area contributed by atoms with Gasteiger partial charge in [0, 0.05) is 35.4 Å². The molecule has 1 aromatic carbocycles. The van der Waals surface area contributed by atoms with Crippen molar-refractivity contribution >= 4 is 23.1 Å². The van der Waals surface area contributed by atoms with Crippen LogP contribution in [0.4, 0.5) is 14.9 Å². The Morgan fingerprint density at radius 1 is 1.28 bits per heavy atom. The number of thiophene rings is 1. The Morgan fingerprint density at radius 3 is 2.72 bits per heavy atom. The van der Waals surface area contributed by atoms with Crippen molar-refractivity contribution < 1.29 is 13.9 Å². The first-order valence-electron chi connectivity index (χ1n) is 8.31. The van der Waals surface area contributed by atoms with Gasteiger partial charge in [0.1, 0.15) is 11.9 Å². The summed E-state index contributed by atoms with van der Waals surface area (Å²) in [4.78, 5) is 15.5. The third kappa shape index (κ3) is 3.32. The van der Waals surface area contributed by atoms with Crippen LogP contribution in [0.15, 0.2) is 47.9 Å². The molecule has 1 N–H and O–H groups in total. The number of ether oxygens (including phenoxy) is 1. The Balaban J connectivity index is 1.45. The Kier molecular flexibility index (Phi) is 4.31. The number of fused-ring (bicyclic) bond motifs is 2. The second-order valence-electron chi connectivity index (χ2n) is 6.48. The third-order valence-electron chi connectivity index (χ3n) is 4.89. The molecule has 1 aromatic heterocycles. The van der Waals surface area contributed by atoms with Crippen molar-refractivity contribution in [1.82, 2.24) is 4.90 Å². The molecule has 130 valence electrons. The number of nitrogens with zero attached hydrogens (tertiary/aromatic N) is 1. The molecule has 2 bridgehead atoms. The fourth-order valence-electron chi connectivity index (χ4n) is 3.55. The summed E-state index contributed by atoms with van der Waals surface area (Å²) >= 11 is 1.50. The van der Waals surface area contributed by atoms with Crippen molar-refractivity contribution in [3.05, 3.63) is 53.7 Å². The predicted octanol–water partition coefficient (Wildman–Crippen LogP) is 4.50. The first kappa shape index (κ1) is 16.3. The van der Waals surface area contributed by atoms with Gasteiger partial charge in [-0.3, -0.25) is 10.2 Å². The van der Waals surface area contributed by atoms with E-state index in [1.807, 2.05) is 17.5 Å². The zero-order chi connectivity index (χ0) is 17.4. The molecule has 0 saturated carbocycles. The van der Waals surface area contributed by atoms with Gasteiger partial charge in [0.05, 0.1) is 5.69 Å². The summed E-state index contributed by atoms with van der Waals surface area (Å²) in [5.74, 6) is -0.333. The van der Waals surface area contributed by atoms with Crippen LogP contribution in [0.25, 0.3) is 10.4 Å². The van der Waals surface area contributed by atoms with Gasteiger partial charge in [-0.1, -0.05) is 18.2 Å². The quantitative estimate of drug-likeness (QED) is 0.821. The van der Waals surface area contributed by atoms with E-state index in [1.54, 1.807) is 6.07 Å². The number of piperidine rings is 1. The maximum absolute atomic E-state index is 13.6. The number of nitrogens with one attached hydrogen (secondary N) is 1. The van der Waals surface area contributed by atoms with Gasteiger partial charge >= 0.3 is 6.09 Å². The maximum Gasteiger partial charge on any atom is 0.411 e. The molecule has 25 heavy (non-hydrogen) atoms. The molecular weight excluding hydrogens is 339 g/mol. The number of halogens is 1. The number of amides is 1. The van der Waals surface area contributed by atoms with Gasteiger partial charge < -0.3 is 4.74 Å². The van der Waals surface area contributed by atoms with Crippen LogP contribution < -0.4 is 5.32 Å². The summed E-state index contributed by atoms with van der Waals surface area (Å²) < 4.78 is 19.2. The molecule has 0 spiro atoms. The molecule has 2 aromatic rings. The highest BCUT2D eigenvalue weighted by molar-refractivity contribution is 7.13. The first-order valence-corrected chi connectivity index (χ1v) is 9.19. The Bertz CT molecular complexity index is 790. The number of hydrogen-bond donors (Lipinski definition) is 1. The Morgan fingerprint density at radius 2 is 2.04 bits per heavy atom. The number of anilines is 1. The highest BCUT2D eigenvalue weighted by Crippen LogP contribution is 2.33. The van der Waals surface area contributed by atoms with E-state index < -0.39 is 6.09 Å². The van der Waals surface area contributed by atoms with Crippen LogP contribution in [-0.4, -0.2) is 36.2 Å². The van der Waals surface area contributed by atoms with E-state index in [0.717, 1.165) is 17.7 Å². The normalized spacial score (nSPS) is 25.1. The fraction of sp³-hybridized carbons (Fsp3) is 0.316. The minimum atomic E-state index is -0.488. The van der Waals surface area contributed by atoms with Gasteiger partial charge in [0.15, 0.2) is 0 Å². The molecule has 4 rings (SSSR count). The molecular formula is C19H19FN2O2S. The zero-order valence-corrected chi connectivity index (χ0v) is 14.6. The predicted molar refractivity (Wildman–Crippen MR) is 97.3 cm³/mol. The summed E-state index contributed by atoms with van der Waals surface area (Å²) in [6, 6.07) is 8.82. The number of benzene rings is 1. The van der Waals surface area contributed by atoms with E-state index in [0.29, 0.717) is 23.3 Å². The molecule has 1 saturated heterocycles. The van der Waals surface area contributed by atoms with Gasteiger partial charge in [0.25, 0.3) is 0 Å². The van der Waals surface area contributed by atoms with Crippen LogP contribution in [0.1, 0.15) is 12.8 Å². The van der Waals surface area contributed by atoms with Crippen molar-refractivity contribution in [3.8, 4) is 10.4 Å². The second kappa shape index (κ2) is 6.61. The third-order valence-corrected chi connectivity index (χ3v) is 5.79. The van der Waals surface area contributed by atoms with Crippen LogP contribution in [0, 0.1) is 5.82 Å². The molecule has 1 fully saturated rings. The summed E-state index contributed by atoms with van der Waals surface area (Å²) in [6.07, 6.45) is 5.38. The molecule has 4 nitrogen and oxygen atoms in total. The first-order chi connectivity index (χ1) is 12.1. The van der Waals surface area contributed by atoms with Crippen molar-refractivity contribution in [3.63, 3.8) is 0 Å². The van der Waals surface area contributed by atoms with Crippen LogP contribution in [0.2, 0.25) is 0 Å². The van der Waals surface area contributed by atoms with Crippen LogP contribution in [0.3, 0.4) is 0 Å². The zero-order valence-electron chi connectivity index (χ0n) is 13.8. The lowest BCUT2D eigenvalue weighted by atomic mass is 10.00. The van der Waals surface area contributed by atoms with Crippen LogP contribution in [0.5, 0.6) is 0 Å². The molecule has 6 heteroatoms. The molecule has 1 amide bonds. The summed E-state index contributed by atoms with van der Waals surface area (Å²) in [6.45, 7) is 0. The maximum atomic E-state index is 13.6. The molecule has 3 heterocycles. The summed E-state index contributed by atoms with van der Waals surface area (Å²) in [7, 11) is 2.09. The van der Waals surface area contributed by atoms with E-state index in [4.69, 9.17) is 4.74 Å². The lowest BCUT2D eigenvalue weighted by Crippen LogP contribution is -2.44. The fourth-order valence-corrected chi connectivity index (χ4v) is 4.30. The van der Waals surface area contributed by atoms with Crippen molar-refractivity contribution in [1.29, 1.82) is 0 Å². The SMILES string of the molecule is CN1[C@@H]2C=C[C@H]1CC(OC(=O)Nc1ccc(F)cc1-c1cccs1)C2. The van der Waals surface area contributed by atoms with Gasteiger partial charge in [-0.25, -0.2) is 9.18 Å². The summed E-state index contributed by atoms with van der Waals surface area (Å²) in [5, 5.41) is 4.70. The number of carbonyl (C=O) groups excluding carboxylic acids is 1. The average molecular weight is 358 g/mol. The van der Waals surface area contributed by atoms with E-state index in [2.05, 4.69) is 29.4 Å². The lowest BCUT2D eigenvalue weighted by Gasteiger charge is -2.35. The molecule has 0 radical (unpaired) electrons. The molecule has 2 aliphatic heterocycles. The minimum absolute atomic E-state index is 0.105. The van der Waals surface area contributed by atoms with E-state index in [9.17, 15) is 9.18 Å². The number of rotatable bonds is 3. The van der Waals surface area contributed by atoms with Crippen molar-refractivity contribution in [2.24, 2.45) is 0 Å². The molecule has 3 atom stereocenters. The van der Waals surface area contributed by atoms with Crippen molar-refractivity contribution in [2.75, 3.05) is 12.4 Å². The smallest absolute Gasteiger partial charge is 0.411 e. The van der Waals surface area contributed by atoms with Gasteiger partial charge in [-0.05, 0) is 36.7 Å². The van der Waals surface area contributed by atoms with E-state index >= 15 is 0 Å². The van der Waals surface area contributed by atoms with E-state index in [1.165, 1.54) is 23.5 Å². The van der Waals surface area contributed by atoms with Crippen LogP contribution in [-0.2, 0) is 4.74 Å². The van der Waals surface area contributed by atoms with E-state index in [-0.39, 0.29) is 11.9 Å². The average Bonchev–Trinajstić information content (AvgIpc) is 3.16. The number of hydrogen-bond acceptors (Lipinski definition) is 4. The minimum Gasteiger partial charge on any atom is -0.446 e. The monoisotopic (exact) mass is 358 g/mol. The Hall–Kier alpha value is -2.18. The number of carbonyl (C=O) groups is 1.